The van der Waals surface area contributed by atoms with Crippen molar-refractivity contribution in [2.75, 3.05) is 6.54 Å². The van der Waals surface area contributed by atoms with Crippen LogP contribution < -0.4 is 5.32 Å². The highest BCUT2D eigenvalue weighted by Crippen LogP contribution is 2.01. The van der Waals surface area contributed by atoms with Crippen LogP contribution in [0.4, 0.5) is 0 Å². The molecule has 0 spiro atoms. The van der Waals surface area contributed by atoms with Crippen LogP contribution in [0, 0.1) is 0 Å². The van der Waals surface area contributed by atoms with Crippen molar-refractivity contribution in [3.05, 3.63) is 0 Å². The maximum atomic E-state index is 3.46. The summed E-state index contributed by atoms with van der Waals surface area (Å²) in [7, 11) is 0. The molecule has 56 valence electrons. The first-order chi connectivity index (χ1) is 3.92. The van der Waals surface area contributed by atoms with Crippen molar-refractivity contribution < 1.29 is 0 Å². The smallest absolute Gasteiger partial charge is 0.0242 e. The number of rotatable bonds is 2. The van der Waals surface area contributed by atoms with Crippen LogP contribution >= 0.6 is 15.9 Å². The van der Waals surface area contributed by atoms with Crippen LogP contribution in [0.15, 0.2) is 0 Å². The quantitative estimate of drug-likeness (QED) is 0.664. The van der Waals surface area contributed by atoms with Crippen molar-refractivity contribution >= 4 is 15.9 Å². The van der Waals surface area contributed by atoms with Gasteiger partial charge in [-0.2, -0.15) is 0 Å². The molecule has 9 heavy (non-hydrogen) atoms. The lowest BCUT2D eigenvalue weighted by Crippen LogP contribution is -2.38. The van der Waals surface area contributed by atoms with Crippen LogP contribution in [-0.4, -0.2) is 16.9 Å². The molecule has 0 rings (SSSR count). The van der Waals surface area contributed by atoms with Gasteiger partial charge in [0, 0.05) is 16.9 Å². The van der Waals surface area contributed by atoms with E-state index >= 15 is 0 Å². The molecule has 0 bridgehead atoms. The van der Waals surface area contributed by atoms with Gasteiger partial charge in [-0.15, -0.1) is 0 Å². The van der Waals surface area contributed by atoms with Crippen LogP contribution in [0.25, 0.3) is 0 Å². The van der Waals surface area contributed by atoms with E-state index in [0.29, 0.717) is 4.83 Å². The summed E-state index contributed by atoms with van der Waals surface area (Å²) in [5, 5.41) is 3.37. The van der Waals surface area contributed by atoms with Gasteiger partial charge in [0.05, 0.1) is 0 Å². The second-order valence-electron chi connectivity index (χ2n) is 3.41. The molecule has 0 aliphatic carbocycles. The molecule has 1 N–H and O–H groups in total. The van der Waals surface area contributed by atoms with Crippen LogP contribution in [0.1, 0.15) is 27.7 Å². The minimum absolute atomic E-state index is 0.252. The third kappa shape index (κ3) is 8.44. The van der Waals surface area contributed by atoms with Gasteiger partial charge in [0.25, 0.3) is 0 Å². The van der Waals surface area contributed by atoms with E-state index in [0.717, 1.165) is 6.54 Å². The first kappa shape index (κ1) is 9.44. The maximum absolute atomic E-state index is 3.46. The van der Waals surface area contributed by atoms with Gasteiger partial charge in [-0.05, 0) is 20.8 Å². The Morgan fingerprint density at radius 1 is 1.44 bits per heavy atom. The summed E-state index contributed by atoms with van der Waals surface area (Å²) >= 11 is 3.46. The molecular formula is C7H16BrN. The van der Waals surface area contributed by atoms with Crippen molar-refractivity contribution in [1.29, 1.82) is 0 Å². The molecular weight excluding hydrogens is 178 g/mol. The average Bonchev–Trinajstić information content (AvgIpc) is 1.59. The molecule has 0 aliphatic rings. The molecule has 2 heteroatoms. The molecule has 1 atom stereocenters. The summed E-state index contributed by atoms with van der Waals surface area (Å²) in [5.41, 5.74) is 0.252. The van der Waals surface area contributed by atoms with E-state index in [1.54, 1.807) is 0 Å². The molecule has 0 fully saturated rings. The summed E-state index contributed by atoms with van der Waals surface area (Å²) in [6.45, 7) is 9.68. The van der Waals surface area contributed by atoms with E-state index < -0.39 is 0 Å². The van der Waals surface area contributed by atoms with Crippen molar-refractivity contribution in [1.82, 2.24) is 5.32 Å². The van der Waals surface area contributed by atoms with Crippen LogP contribution in [0.2, 0.25) is 0 Å². The second-order valence-corrected chi connectivity index (χ2v) is 4.97. The lowest BCUT2D eigenvalue weighted by atomic mass is 10.1. The highest BCUT2D eigenvalue weighted by Gasteiger charge is 2.08. The normalized spacial score (nSPS) is 15.7. The Bertz CT molecular complexity index is 73.5. The summed E-state index contributed by atoms with van der Waals surface area (Å²) in [6.07, 6.45) is 0. The first-order valence-electron chi connectivity index (χ1n) is 3.31. The summed E-state index contributed by atoms with van der Waals surface area (Å²) in [4.78, 5) is 0.566. The summed E-state index contributed by atoms with van der Waals surface area (Å²) in [6, 6.07) is 0. The highest BCUT2D eigenvalue weighted by atomic mass is 79.9. The fourth-order valence-electron chi connectivity index (χ4n) is 0.447. The van der Waals surface area contributed by atoms with E-state index in [9.17, 15) is 0 Å². The van der Waals surface area contributed by atoms with E-state index in [4.69, 9.17) is 0 Å². The Balaban J connectivity index is 3.28. The second kappa shape index (κ2) is 3.57. The zero-order chi connectivity index (χ0) is 7.49. The predicted octanol–water partition coefficient (Wildman–Crippen LogP) is 2.16. The Morgan fingerprint density at radius 2 is 1.89 bits per heavy atom. The Morgan fingerprint density at radius 3 is 2.00 bits per heavy atom. The first-order valence-corrected chi connectivity index (χ1v) is 4.22. The zero-order valence-electron chi connectivity index (χ0n) is 6.66. The molecule has 0 aliphatic heterocycles. The van der Waals surface area contributed by atoms with Crippen molar-refractivity contribution in [3.63, 3.8) is 0 Å². The number of hydrogen-bond acceptors (Lipinski definition) is 1. The van der Waals surface area contributed by atoms with Crippen LogP contribution in [0.3, 0.4) is 0 Å². The Hall–Kier alpha value is 0.440. The molecule has 0 radical (unpaired) electrons. The summed E-state index contributed by atoms with van der Waals surface area (Å²) in [5.74, 6) is 0. The molecule has 0 aromatic rings. The van der Waals surface area contributed by atoms with Gasteiger partial charge >= 0.3 is 0 Å². The molecule has 0 amide bonds. The SMILES string of the molecule is CC(Br)CNC(C)(C)C. The molecule has 0 heterocycles. The van der Waals surface area contributed by atoms with E-state index in [2.05, 4.69) is 48.9 Å². The monoisotopic (exact) mass is 193 g/mol. The average molecular weight is 194 g/mol. The van der Waals surface area contributed by atoms with Crippen LogP contribution in [0.5, 0.6) is 0 Å². The van der Waals surface area contributed by atoms with Gasteiger partial charge in [-0.1, -0.05) is 22.9 Å². The fourth-order valence-corrected chi connectivity index (χ4v) is 0.609. The Kier molecular flexibility index (Phi) is 3.74. The van der Waals surface area contributed by atoms with Gasteiger partial charge in [-0.3, -0.25) is 0 Å². The van der Waals surface area contributed by atoms with E-state index in [1.165, 1.54) is 0 Å². The zero-order valence-corrected chi connectivity index (χ0v) is 8.25. The maximum Gasteiger partial charge on any atom is 0.0242 e. The van der Waals surface area contributed by atoms with Gasteiger partial charge in [0.2, 0.25) is 0 Å². The number of alkyl halides is 1. The number of nitrogens with one attached hydrogen (secondary N) is 1. The minimum Gasteiger partial charge on any atom is -0.311 e. The molecule has 0 aromatic heterocycles. The number of hydrogen-bond donors (Lipinski definition) is 1. The van der Waals surface area contributed by atoms with Gasteiger partial charge in [-0.25, -0.2) is 0 Å². The lowest BCUT2D eigenvalue weighted by molar-refractivity contribution is 0.430. The number of halogens is 1. The standard InChI is InChI=1S/C7H16BrN/c1-6(8)5-9-7(2,3)4/h6,9H,5H2,1-4H3. The van der Waals surface area contributed by atoms with E-state index in [-0.39, 0.29) is 5.54 Å². The van der Waals surface area contributed by atoms with Crippen molar-refractivity contribution in [2.24, 2.45) is 0 Å². The topological polar surface area (TPSA) is 12.0 Å². The lowest BCUT2D eigenvalue weighted by Gasteiger charge is -2.21. The molecule has 0 saturated heterocycles. The third-order valence-electron chi connectivity index (χ3n) is 0.914. The molecule has 0 saturated carbocycles. The van der Waals surface area contributed by atoms with Crippen molar-refractivity contribution in [3.8, 4) is 0 Å². The fraction of sp³-hybridized carbons (Fsp3) is 1.00. The minimum atomic E-state index is 0.252. The Labute approximate surface area is 66.3 Å². The van der Waals surface area contributed by atoms with Gasteiger partial charge in [0.1, 0.15) is 0 Å². The molecule has 1 unspecified atom stereocenters. The largest absolute Gasteiger partial charge is 0.311 e. The molecule has 0 aromatic carbocycles. The van der Waals surface area contributed by atoms with Crippen molar-refractivity contribution in [2.45, 2.75) is 38.1 Å². The summed E-state index contributed by atoms with van der Waals surface area (Å²) < 4.78 is 0. The predicted molar refractivity (Wildman–Crippen MR) is 46.1 cm³/mol. The van der Waals surface area contributed by atoms with Crippen LogP contribution in [-0.2, 0) is 0 Å². The molecule has 1 nitrogen and oxygen atoms in total. The van der Waals surface area contributed by atoms with E-state index in [1.807, 2.05) is 0 Å². The van der Waals surface area contributed by atoms with Gasteiger partial charge in [0.15, 0.2) is 0 Å². The highest BCUT2D eigenvalue weighted by molar-refractivity contribution is 9.09. The van der Waals surface area contributed by atoms with Gasteiger partial charge < -0.3 is 5.32 Å². The third-order valence-corrected chi connectivity index (χ3v) is 1.24.